The standard InChI is InChI=1S/C12H14N4O3S/c17-12(18)9-5-13-2-3-16(9)6-10-14-11(15-19-10)8-1-4-20-7-8/h1,4,7,9,13H,2-3,5-6H2,(H,17,18). The van der Waals surface area contributed by atoms with E-state index in [2.05, 4.69) is 15.5 Å². The molecule has 2 N–H and O–H groups in total. The normalized spacial score (nSPS) is 20.1. The van der Waals surface area contributed by atoms with E-state index in [9.17, 15) is 9.90 Å². The predicted octanol–water partition coefficient (Wildman–Crippen LogP) is 0.657. The topological polar surface area (TPSA) is 91.5 Å². The number of carboxylic acids is 1. The first-order valence-electron chi connectivity index (χ1n) is 6.27. The molecule has 3 heterocycles. The number of carboxylic acid groups (broad SMARTS) is 1. The summed E-state index contributed by atoms with van der Waals surface area (Å²) >= 11 is 1.57. The highest BCUT2D eigenvalue weighted by Crippen LogP contribution is 2.19. The van der Waals surface area contributed by atoms with Gasteiger partial charge in [0, 0.05) is 30.6 Å². The summed E-state index contributed by atoms with van der Waals surface area (Å²) in [5.74, 6) is 0.150. The summed E-state index contributed by atoms with van der Waals surface area (Å²) in [7, 11) is 0. The van der Waals surface area contributed by atoms with Crippen molar-refractivity contribution < 1.29 is 14.4 Å². The summed E-state index contributed by atoms with van der Waals surface area (Å²) < 4.78 is 5.21. The van der Waals surface area contributed by atoms with Crippen molar-refractivity contribution in [3.8, 4) is 11.4 Å². The Bertz CT molecular complexity index is 583. The van der Waals surface area contributed by atoms with Crippen molar-refractivity contribution in [1.82, 2.24) is 20.4 Å². The van der Waals surface area contributed by atoms with Gasteiger partial charge in [-0.2, -0.15) is 16.3 Å². The molecule has 7 nitrogen and oxygen atoms in total. The highest BCUT2D eigenvalue weighted by molar-refractivity contribution is 7.08. The second-order valence-corrected chi connectivity index (χ2v) is 5.33. The summed E-state index contributed by atoms with van der Waals surface area (Å²) in [5.41, 5.74) is 0.917. The zero-order valence-electron chi connectivity index (χ0n) is 10.7. The van der Waals surface area contributed by atoms with Gasteiger partial charge in [-0.3, -0.25) is 9.69 Å². The molecule has 1 fully saturated rings. The van der Waals surface area contributed by atoms with E-state index in [0.29, 0.717) is 31.3 Å². The molecule has 1 unspecified atom stereocenters. The number of aliphatic carboxylic acids is 1. The number of piperazine rings is 1. The smallest absolute Gasteiger partial charge is 0.322 e. The molecule has 1 aliphatic rings. The number of hydrogen-bond donors (Lipinski definition) is 2. The third-order valence-corrected chi connectivity index (χ3v) is 3.91. The first-order chi connectivity index (χ1) is 9.74. The maximum Gasteiger partial charge on any atom is 0.322 e. The van der Waals surface area contributed by atoms with E-state index in [1.165, 1.54) is 0 Å². The van der Waals surface area contributed by atoms with Crippen molar-refractivity contribution in [3.63, 3.8) is 0 Å². The van der Waals surface area contributed by atoms with E-state index in [0.717, 1.165) is 12.1 Å². The molecular formula is C12H14N4O3S. The van der Waals surface area contributed by atoms with Crippen LogP contribution >= 0.6 is 11.3 Å². The zero-order valence-corrected chi connectivity index (χ0v) is 11.5. The maximum absolute atomic E-state index is 11.2. The molecule has 20 heavy (non-hydrogen) atoms. The van der Waals surface area contributed by atoms with Crippen LogP contribution in [0.2, 0.25) is 0 Å². The van der Waals surface area contributed by atoms with Gasteiger partial charge >= 0.3 is 5.97 Å². The van der Waals surface area contributed by atoms with E-state index in [1.807, 2.05) is 21.7 Å². The fourth-order valence-corrected chi connectivity index (χ4v) is 2.82. The number of hydrogen-bond acceptors (Lipinski definition) is 7. The van der Waals surface area contributed by atoms with Gasteiger partial charge < -0.3 is 14.9 Å². The molecule has 0 aliphatic carbocycles. The first-order valence-corrected chi connectivity index (χ1v) is 7.21. The van der Waals surface area contributed by atoms with Gasteiger partial charge in [0.25, 0.3) is 0 Å². The van der Waals surface area contributed by atoms with Crippen LogP contribution in [-0.2, 0) is 11.3 Å². The number of aromatic nitrogens is 2. The van der Waals surface area contributed by atoms with Crippen molar-refractivity contribution in [2.75, 3.05) is 19.6 Å². The van der Waals surface area contributed by atoms with Crippen LogP contribution in [0.15, 0.2) is 21.3 Å². The lowest BCUT2D eigenvalue weighted by atomic mass is 10.2. The quantitative estimate of drug-likeness (QED) is 0.855. The van der Waals surface area contributed by atoms with E-state index < -0.39 is 12.0 Å². The Kier molecular flexibility index (Phi) is 3.77. The molecular weight excluding hydrogens is 280 g/mol. The Balaban J connectivity index is 1.72. The van der Waals surface area contributed by atoms with Crippen molar-refractivity contribution in [2.45, 2.75) is 12.6 Å². The molecule has 1 saturated heterocycles. The van der Waals surface area contributed by atoms with Crippen LogP contribution in [0.3, 0.4) is 0 Å². The van der Waals surface area contributed by atoms with Crippen LogP contribution in [0, 0.1) is 0 Å². The van der Waals surface area contributed by atoms with Crippen LogP contribution in [-0.4, -0.2) is 51.8 Å². The van der Waals surface area contributed by atoms with Crippen molar-refractivity contribution in [2.24, 2.45) is 0 Å². The van der Waals surface area contributed by atoms with Gasteiger partial charge in [0.05, 0.1) is 6.54 Å². The van der Waals surface area contributed by atoms with Gasteiger partial charge in [0.2, 0.25) is 11.7 Å². The summed E-state index contributed by atoms with van der Waals surface area (Å²) in [5, 5.41) is 20.1. The Morgan fingerprint density at radius 2 is 2.55 bits per heavy atom. The monoisotopic (exact) mass is 294 g/mol. The minimum Gasteiger partial charge on any atom is -0.480 e. The third kappa shape index (κ3) is 2.72. The van der Waals surface area contributed by atoms with E-state index in [-0.39, 0.29) is 0 Å². The highest BCUT2D eigenvalue weighted by atomic mass is 32.1. The van der Waals surface area contributed by atoms with Crippen LogP contribution in [0.5, 0.6) is 0 Å². The third-order valence-electron chi connectivity index (χ3n) is 3.23. The fourth-order valence-electron chi connectivity index (χ4n) is 2.18. The van der Waals surface area contributed by atoms with Crippen LogP contribution in [0.4, 0.5) is 0 Å². The van der Waals surface area contributed by atoms with Gasteiger partial charge in [-0.25, -0.2) is 0 Å². The summed E-state index contributed by atoms with van der Waals surface area (Å²) in [4.78, 5) is 17.4. The van der Waals surface area contributed by atoms with E-state index in [1.54, 1.807) is 11.3 Å². The Morgan fingerprint density at radius 3 is 3.30 bits per heavy atom. The summed E-state index contributed by atoms with van der Waals surface area (Å²) in [6.07, 6.45) is 0. The lowest BCUT2D eigenvalue weighted by molar-refractivity contribution is -0.144. The molecule has 2 aromatic rings. The van der Waals surface area contributed by atoms with Gasteiger partial charge in [-0.1, -0.05) is 5.16 Å². The number of carbonyl (C=O) groups is 1. The van der Waals surface area contributed by atoms with Crippen LogP contribution in [0.1, 0.15) is 5.89 Å². The molecule has 1 atom stereocenters. The molecule has 0 amide bonds. The van der Waals surface area contributed by atoms with Gasteiger partial charge in [0.1, 0.15) is 6.04 Å². The second-order valence-electron chi connectivity index (χ2n) is 4.55. The van der Waals surface area contributed by atoms with E-state index in [4.69, 9.17) is 4.52 Å². The van der Waals surface area contributed by atoms with E-state index >= 15 is 0 Å². The van der Waals surface area contributed by atoms with Crippen LogP contribution < -0.4 is 5.32 Å². The lowest BCUT2D eigenvalue weighted by Gasteiger charge is -2.32. The number of rotatable bonds is 4. The summed E-state index contributed by atoms with van der Waals surface area (Å²) in [6.45, 7) is 2.19. The Labute approximate surface area is 119 Å². The van der Waals surface area contributed by atoms with Gasteiger partial charge in [-0.05, 0) is 11.4 Å². The molecule has 0 spiro atoms. The molecule has 0 saturated carbocycles. The average molecular weight is 294 g/mol. The average Bonchev–Trinajstić information content (AvgIpc) is 3.09. The molecule has 0 radical (unpaired) electrons. The van der Waals surface area contributed by atoms with Crippen molar-refractivity contribution in [3.05, 3.63) is 22.7 Å². The SMILES string of the molecule is O=C(O)C1CNCCN1Cc1nc(-c2ccsc2)no1. The predicted molar refractivity (Wildman–Crippen MR) is 72.3 cm³/mol. The molecule has 1 aliphatic heterocycles. The second kappa shape index (κ2) is 5.70. The fraction of sp³-hybridized carbons (Fsp3) is 0.417. The minimum atomic E-state index is -0.838. The largest absolute Gasteiger partial charge is 0.480 e. The van der Waals surface area contributed by atoms with Crippen LogP contribution in [0.25, 0.3) is 11.4 Å². The van der Waals surface area contributed by atoms with Gasteiger partial charge in [0.15, 0.2) is 0 Å². The van der Waals surface area contributed by atoms with Crippen molar-refractivity contribution >= 4 is 17.3 Å². The molecule has 0 aromatic carbocycles. The molecule has 106 valence electrons. The summed E-state index contributed by atoms with van der Waals surface area (Å²) in [6, 6.07) is 1.37. The Hall–Kier alpha value is -1.77. The number of nitrogens with one attached hydrogen (secondary N) is 1. The minimum absolute atomic E-state index is 0.357. The molecule has 0 bridgehead atoms. The number of nitrogens with zero attached hydrogens (tertiary/aromatic N) is 3. The molecule has 3 rings (SSSR count). The Morgan fingerprint density at radius 1 is 1.65 bits per heavy atom. The number of thiophene rings is 1. The molecule has 8 heteroatoms. The van der Waals surface area contributed by atoms with Gasteiger partial charge in [-0.15, -0.1) is 0 Å². The van der Waals surface area contributed by atoms with Crippen molar-refractivity contribution in [1.29, 1.82) is 0 Å². The molecule has 2 aromatic heterocycles. The highest BCUT2D eigenvalue weighted by Gasteiger charge is 2.29. The first kappa shape index (κ1) is 13.2. The zero-order chi connectivity index (χ0) is 13.9. The lowest BCUT2D eigenvalue weighted by Crippen LogP contribution is -2.54. The maximum atomic E-state index is 11.2.